The Labute approximate surface area is 124 Å². The first-order chi connectivity index (χ1) is 10.2. The molecule has 1 N–H and O–H groups in total. The van der Waals surface area contributed by atoms with E-state index in [-0.39, 0.29) is 11.7 Å². The van der Waals surface area contributed by atoms with E-state index in [1.807, 2.05) is 0 Å². The van der Waals surface area contributed by atoms with Crippen LogP contribution in [0.1, 0.15) is 55.3 Å². The smallest absolute Gasteiger partial charge is 0.267 e. The van der Waals surface area contributed by atoms with E-state index in [0.717, 1.165) is 30.4 Å². The average Bonchev–Trinajstić information content (AvgIpc) is 2.53. The van der Waals surface area contributed by atoms with Crippen molar-refractivity contribution in [2.24, 2.45) is 16.9 Å². The van der Waals surface area contributed by atoms with Crippen molar-refractivity contribution in [3.63, 3.8) is 0 Å². The predicted molar refractivity (Wildman–Crippen MR) is 80.6 cm³/mol. The van der Waals surface area contributed by atoms with E-state index in [0.29, 0.717) is 5.56 Å². The summed E-state index contributed by atoms with van der Waals surface area (Å²) in [6.07, 6.45) is 8.58. The Morgan fingerprint density at radius 3 is 2.57 bits per heavy atom. The zero-order chi connectivity index (χ0) is 14.7. The Kier molecular flexibility index (Phi) is 4.32. The normalized spacial score (nSPS) is 27.2. The highest BCUT2D eigenvalue weighted by Gasteiger charge is 2.30. The fourth-order valence-corrected chi connectivity index (χ4v) is 3.59. The number of halogens is 1. The molecule has 4 heteroatoms. The molecule has 0 unspecified atom stereocenters. The van der Waals surface area contributed by atoms with E-state index in [1.54, 1.807) is 0 Å². The van der Waals surface area contributed by atoms with Crippen molar-refractivity contribution in [2.45, 2.75) is 44.9 Å². The first-order valence-electron chi connectivity index (χ1n) is 7.84. The molecule has 0 saturated heterocycles. The van der Waals surface area contributed by atoms with Crippen molar-refractivity contribution in [3.05, 3.63) is 35.6 Å². The van der Waals surface area contributed by atoms with E-state index in [4.69, 9.17) is 0 Å². The zero-order valence-electron chi connectivity index (χ0n) is 12.1. The van der Waals surface area contributed by atoms with Gasteiger partial charge in [-0.2, -0.15) is 5.10 Å². The van der Waals surface area contributed by atoms with Gasteiger partial charge < -0.3 is 0 Å². The van der Waals surface area contributed by atoms with Crippen LogP contribution in [-0.2, 0) is 0 Å². The Morgan fingerprint density at radius 2 is 1.81 bits per heavy atom. The maximum atomic E-state index is 12.8. The molecule has 2 atom stereocenters. The summed E-state index contributed by atoms with van der Waals surface area (Å²) in [6, 6.07) is 5.52. The average molecular weight is 288 g/mol. The maximum Gasteiger partial charge on any atom is 0.271 e. The monoisotopic (exact) mass is 288 g/mol. The molecule has 2 saturated carbocycles. The van der Waals surface area contributed by atoms with Crippen LogP contribution in [0.3, 0.4) is 0 Å². The van der Waals surface area contributed by atoms with Crippen LogP contribution < -0.4 is 5.43 Å². The van der Waals surface area contributed by atoms with Crippen molar-refractivity contribution in [1.82, 2.24) is 5.43 Å². The van der Waals surface area contributed by atoms with E-state index >= 15 is 0 Å². The Balaban J connectivity index is 1.58. The molecule has 3 rings (SSSR count). The summed E-state index contributed by atoms with van der Waals surface area (Å²) in [5.74, 6) is 1.02. The predicted octanol–water partition coefficient (Wildman–Crippen LogP) is 3.90. The van der Waals surface area contributed by atoms with E-state index in [1.165, 1.54) is 56.4 Å². The van der Waals surface area contributed by atoms with Crippen molar-refractivity contribution < 1.29 is 9.18 Å². The summed E-state index contributed by atoms with van der Waals surface area (Å²) in [6.45, 7) is 0. The third kappa shape index (κ3) is 3.49. The van der Waals surface area contributed by atoms with E-state index in [9.17, 15) is 9.18 Å². The lowest BCUT2D eigenvalue weighted by molar-refractivity contribution is 0.0954. The number of nitrogens with zero attached hydrogens (tertiary/aromatic N) is 1. The molecular weight excluding hydrogens is 267 g/mol. The van der Waals surface area contributed by atoms with Gasteiger partial charge in [0.15, 0.2) is 0 Å². The highest BCUT2D eigenvalue weighted by atomic mass is 19.1. The van der Waals surface area contributed by atoms with Crippen molar-refractivity contribution >= 4 is 11.6 Å². The molecule has 2 aliphatic carbocycles. The molecule has 0 heterocycles. The van der Waals surface area contributed by atoms with Crippen molar-refractivity contribution in [1.29, 1.82) is 0 Å². The SMILES string of the molecule is O=C(N/N=C1/CC[C@@H]2CCCC[C@@H]2C1)c1ccc(F)cc1. The van der Waals surface area contributed by atoms with Gasteiger partial charge >= 0.3 is 0 Å². The van der Waals surface area contributed by atoms with Gasteiger partial charge in [0.1, 0.15) is 5.82 Å². The third-order valence-corrected chi connectivity index (χ3v) is 4.79. The fraction of sp³-hybridized carbons (Fsp3) is 0.529. The zero-order valence-corrected chi connectivity index (χ0v) is 12.1. The van der Waals surface area contributed by atoms with Crippen molar-refractivity contribution in [2.75, 3.05) is 0 Å². The van der Waals surface area contributed by atoms with Crippen LogP contribution in [0.2, 0.25) is 0 Å². The number of hydrogen-bond donors (Lipinski definition) is 1. The van der Waals surface area contributed by atoms with Crippen LogP contribution in [0.15, 0.2) is 29.4 Å². The van der Waals surface area contributed by atoms with Gasteiger partial charge in [0.05, 0.1) is 0 Å². The maximum absolute atomic E-state index is 12.8. The number of carbonyl (C=O) groups is 1. The number of hydrazone groups is 1. The standard InChI is InChI=1S/C17H21FN2O/c18-15-8-5-13(6-9-15)17(21)20-19-16-10-7-12-3-1-2-4-14(12)11-16/h5-6,8-9,12,14H,1-4,7,10-11H2,(H,20,21)/b19-16-/t12-,14+/m0/s1. The summed E-state index contributed by atoms with van der Waals surface area (Å²) in [5, 5.41) is 4.30. The van der Waals surface area contributed by atoms with Crippen LogP contribution >= 0.6 is 0 Å². The number of nitrogens with one attached hydrogen (secondary N) is 1. The lowest BCUT2D eigenvalue weighted by Crippen LogP contribution is -2.29. The number of amides is 1. The Bertz CT molecular complexity index is 538. The molecule has 1 aromatic rings. The molecule has 1 amide bonds. The van der Waals surface area contributed by atoms with E-state index < -0.39 is 0 Å². The van der Waals surface area contributed by atoms with Crippen LogP contribution in [0, 0.1) is 17.7 Å². The summed E-state index contributed by atoms with van der Waals surface area (Å²) in [5.41, 5.74) is 4.15. The molecular formula is C17H21FN2O. The van der Waals surface area contributed by atoms with Crippen LogP contribution in [0.25, 0.3) is 0 Å². The Hall–Kier alpha value is -1.71. The number of benzene rings is 1. The molecule has 2 fully saturated rings. The molecule has 21 heavy (non-hydrogen) atoms. The van der Waals surface area contributed by atoms with Gasteiger partial charge in [0.25, 0.3) is 5.91 Å². The molecule has 0 aliphatic heterocycles. The van der Waals surface area contributed by atoms with Gasteiger partial charge in [-0.15, -0.1) is 0 Å². The van der Waals surface area contributed by atoms with Crippen LogP contribution in [0.4, 0.5) is 4.39 Å². The molecule has 0 aromatic heterocycles. The lowest BCUT2D eigenvalue weighted by Gasteiger charge is -2.35. The lowest BCUT2D eigenvalue weighted by atomic mass is 9.70. The molecule has 112 valence electrons. The molecule has 0 spiro atoms. The molecule has 3 nitrogen and oxygen atoms in total. The minimum absolute atomic E-state index is 0.270. The van der Waals surface area contributed by atoms with Crippen LogP contribution in [-0.4, -0.2) is 11.6 Å². The minimum Gasteiger partial charge on any atom is -0.267 e. The summed E-state index contributed by atoms with van der Waals surface area (Å²) >= 11 is 0. The number of fused-ring (bicyclic) bond motifs is 1. The molecule has 2 aliphatic rings. The highest BCUT2D eigenvalue weighted by molar-refractivity contribution is 5.95. The van der Waals surface area contributed by atoms with Gasteiger partial charge in [-0.1, -0.05) is 19.3 Å². The second-order valence-electron chi connectivity index (χ2n) is 6.17. The van der Waals surface area contributed by atoms with Gasteiger partial charge in [-0.3, -0.25) is 4.79 Å². The number of rotatable bonds is 2. The third-order valence-electron chi connectivity index (χ3n) is 4.79. The van der Waals surface area contributed by atoms with E-state index in [2.05, 4.69) is 10.5 Å². The quantitative estimate of drug-likeness (QED) is 0.824. The topological polar surface area (TPSA) is 41.5 Å². The number of carbonyl (C=O) groups excluding carboxylic acids is 1. The molecule has 1 aromatic carbocycles. The van der Waals surface area contributed by atoms with Crippen LogP contribution in [0.5, 0.6) is 0 Å². The fourth-order valence-electron chi connectivity index (χ4n) is 3.59. The van der Waals surface area contributed by atoms with Gasteiger partial charge in [0.2, 0.25) is 0 Å². The number of hydrogen-bond acceptors (Lipinski definition) is 2. The molecule has 0 radical (unpaired) electrons. The Morgan fingerprint density at radius 1 is 1.10 bits per heavy atom. The first kappa shape index (κ1) is 14.2. The van der Waals surface area contributed by atoms with Crippen molar-refractivity contribution in [3.8, 4) is 0 Å². The van der Waals surface area contributed by atoms with Gasteiger partial charge in [-0.25, -0.2) is 9.82 Å². The van der Waals surface area contributed by atoms with Gasteiger partial charge in [-0.05, 0) is 61.8 Å². The second-order valence-corrected chi connectivity index (χ2v) is 6.17. The van der Waals surface area contributed by atoms with Gasteiger partial charge in [0, 0.05) is 11.3 Å². The summed E-state index contributed by atoms with van der Waals surface area (Å²) in [7, 11) is 0. The minimum atomic E-state index is -0.339. The highest BCUT2D eigenvalue weighted by Crippen LogP contribution is 2.39. The largest absolute Gasteiger partial charge is 0.271 e. The first-order valence-corrected chi connectivity index (χ1v) is 7.84. The summed E-state index contributed by atoms with van der Waals surface area (Å²) in [4.78, 5) is 11.9. The summed E-state index contributed by atoms with van der Waals surface area (Å²) < 4.78 is 12.8. The second kappa shape index (κ2) is 6.37. The molecule has 0 bridgehead atoms.